The van der Waals surface area contributed by atoms with Gasteiger partial charge in [0, 0.05) is 10.4 Å². The van der Waals surface area contributed by atoms with Crippen LogP contribution in [0.25, 0.3) is 0 Å². The van der Waals surface area contributed by atoms with E-state index in [0.717, 1.165) is 5.56 Å². The lowest BCUT2D eigenvalue weighted by atomic mass is 9.75. The monoisotopic (exact) mass is 548 g/mol. The molecule has 2 amide bonds. The van der Waals surface area contributed by atoms with Gasteiger partial charge >= 0.3 is 12.1 Å². The first-order valence-electron chi connectivity index (χ1n) is 12.7. The molecule has 6 rings (SSSR count). The summed E-state index contributed by atoms with van der Waals surface area (Å²) in [6.45, 7) is 4.64. The fourth-order valence-electron chi connectivity index (χ4n) is 6.56. The summed E-state index contributed by atoms with van der Waals surface area (Å²) >= 11 is 6.18. The second kappa shape index (κ2) is 8.81. The molecule has 2 fully saturated rings. The summed E-state index contributed by atoms with van der Waals surface area (Å²) in [5.41, 5.74) is 1.44. The van der Waals surface area contributed by atoms with Gasteiger partial charge in [-0.3, -0.25) is 14.6 Å². The van der Waals surface area contributed by atoms with E-state index in [-0.39, 0.29) is 24.0 Å². The molecule has 39 heavy (non-hydrogen) atoms. The van der Waals surface area contributed by atoms with Crippen molar-refractivity contribution in [3.63, 3.8) is 0 Å². The number of methoxy groups -OCH3 is 1. The molecule has 1 aliphatic carbocycles. The third-order valence-corrected chi connectivity index (χ3v) is 8.66. The highest BCUT2D eigenvalue weighted by molar-refractivity contribution is 6.30. The van der Waals surface area contributed by atoms with Crippen LogP contribution in [0.3, 0.4) is 0 Å². The van der Waals surface area contributed by atoms with Gasteiger partial charge in [0.05, 0.1) is 41.7 Å². The lowest BCUT2D eigenvalue weighted by Crippen LogP contribution is -2.36. The van der Waals surface area contributed by atoms with Crippen LogP contribution in [0.1, 0.15) is 41.8 Å². The molecule has 0 N–H and O–H groups in total. The van der Waals surface area contributed by atoms with E-state index in [1.54, 1.807) is 30.3 Å². The summed E-state index contributed by atoms with van der Waals surface area (Å²) < 4.78 is 24.8. The predicted molar refractivity (Wildman–Crippen MR) is 144 cm³/mol. The molecule has 9 heteroatoms. The number of nitrogens with zero attached hydrogens (tertiary/aromatic N) is 2. The van der Waals surface area contributed by atoms with E-state index in [0.29, 0.717) is 40.6 Å². The predicted octanol–water partition coefficient (Wildman–Crippen LogP) is 6.14. The van der Waals surface area contributed by atoms with Crippen LogP contribution >= 0.6 is 11.6 Å². The number of carbonyl (C=O) groups is 3. The fraction of sp³-hybridized carbons (Fsp3) is 0.300. The standard InChI is InChI=1S/C30H26ClFN2O5/c1-17(2)29(19-4-6-20(31)7-5-19)16-30(29)24-14-21(32)8-9-25(24)34(27(30)36)23-13-18(26(35)38-3)12-22(15-23)33-10-11-39-28(33)37/h4-9,12-15,17H,10-11,16H2,1-3H3/t29-,30-/m0/s1. The largest absolute Gasteiger partial charge is 0.465 e. The molecule has 0 radical (unpaired) electrons. The van der Waals surface area contributed by atoms with Gasteiger partial charge in [-0.15, -0.1) is 0 Å². The van der Waals surface area contributed by atoms with Crippen LogP contribution in [-0.4, -0.2) is 38.2 Å². The van der Waals surface area contributed by atoms with Crippen LogP contribution in [0.15, 0.2) is 60.7 Å². The number of fused-ring (bicyclic) bond motifs is 2. The molecule has 1 spiro atoms. The maximum absolute atomic E-state index is 14.8. The van der Waals surface area contributed by atoms with E-state index in [9.17, 15) is 18.8 Å². The molecule has 2 aliphatic heterocycles. The molecule has 1 saturated heterocycles. The molecule has 0 bridgehead atoms. The van der Waals surface area contributed by atoms with Gasteiger partial charge in [0.15, 0.2) is 0 Å². The van der Waals surface area contributed by atoms with E-state index in [2.05, 4.69) is 13.8 Å². The zero-order valence-electron chi connectivity index (χ0n) is 21.7. The first kappa shape index (κ1) is 25.4. The minimum Gasteiger partial charge on any atom is -0.465 e. The molecule has 3 aromatic carbocycles. The van der Waals surface area contributed by atoms with Crippen molar-refractivity contribution in [3.05, 3.63) is 88.2 Å². The van der Waals surface area contributed by atoms with Crippen molar-refractivity contribution in [2.24, 2.45) is 5.92 Å². The van der Waals surface area contributed by atoms with Gasteiger partial charge in [-0.05, 0) is 72.0 Å². The number of carbonyl (C=O) groups excluding carboxylic acids is 3. The smallest absolute Gasteiger partial charge is 0.414 e. The Morgan fingerprint density at radius 1 is 1.05 bits per heavy atom. The molecule has 2 atom stereocenters. The summed E-state index contributed by atoms with van der Waals surface area (Å²) in [5, 5.41) is 0.589. The van der Waals surface area contributed by atoms with Crippen LogP contribution in [0, 0.1) is 11.7 Å². The molecule has 1 saturated carbocycles. The lowest BCUT2D eigenvalue weighted by molar-refractivity contribution is -0.120. The second-order valence-electron chi connectivity index (χ2n) is 10.5. The van der Waals surface area contributed by atoms with E-state index >= 15 is 0 Å². The third-order valence-electron chi connectivity index (χ3n) is 8.41. The topological polar surface area (TPSA) is 76.2 Å². The number of rotatable bonds is 5. The number of anilines is 3. The van der Waals surface area contributed by atoms with Gasteiger partial charge in [0.25, 0.3) is 0 Å². The Kier molecular flexibility index (Phi) is 5.73. The molecule has 2 heterocycles. The highest BCUT2D eigenvalue weighted by Gasteiger charge is 2.78. The Bertz CT molecular complexity index is 1540. The maximum atomic E-state index is 14.8. The Morgan fingerprint density at radius 2 is 1.77 bits per heavy atom. The van der Waals surface area contributed by atoms with Crippen LogP contribution in [0.5, 0.6) is 0 Å². The lowest BCUT2D eigenvalue weighted by Gasteiger charge is -2.27. The first-order valence-corrected chi connectivity index (χ1v) is 13.1. The molecule has 7 nitrogen and oxygen atoms in total. The van der Waals surface area contributed by atoms with Crippen molar-refractivity contribution >= 4 is 46.6 Å². The SMILES string of the molecule is COC(=O)c1cc(N2CCOC2=O)cc(N2C(=O)[C@]3(C[C@@]3(c3ccc(Cl)cc3)C(C)C)c3cc(F)ccc32)c1. The number of hydrogen-bond acceptors (Lipinski definition) is 5. The van der Waals surface area contributed by atoms with Crippen LogP contribution in [0.2, 0.25) is 5.02 Å². The van der Waals surface area contributed by atoms with E-state index < -0.39 is 28.7 Å². The van der Waals surface area contributed by atoms with E-state index in [1.165, 1.54) is 35.1 Å². The Balaban J connectivity index is 1.55. The van der Waals surface area contributed by atoms with Gasteiger partial charge in [-0.2, -0.15) is 0 Å². The molecule has 0 unspecified atom stereocenters. The number of hydrogen-bond donors (Lipinski definition) is 0. The highest BCUT2D eigenvalue weighted by atomic mass is 35.5. The van der Waals surface area contributed by atoms with Crippen molar-refractivity contribution in [2.45, 2.75) is 31.1 Å². The van der Waals surface area contributed by atoms with Crippen molar-refractivity contribution in [1.29, 1.82) is 0 Å². The summed E-state index contributed by atoms with van der Waals surface area (Å²) in [6, 6.07) is 16.6. The fourth-order valence-corrected chi connectivity index (χ4v) is 6.69. The van der Waals surface area contributed by atoms with Crippen LogP contribution in [0.4, 0.5) is 26.2 Å². The van der Waals surface area contributed by atoms with E-state index in [1.807, 2.05) is 12.1 Å². The molecule has 200 valence electrons. The number of amides is 2. The molecule has 3 aromatic rings. The molecular formula is C30H26ClFN2O5. The highest BCUT2D eigenvalue weighted by Crippen LogP contribution is 2.74. The second-order valence-corrected chi connectivity index (χ2v) is 10.9. The summed E-state index contributed by atoms with van der Waals surface area (Å²) in [6.07, 6.45) is -0.0500. The van der Waals surface area contributed by atoms with Gasteiger partial charge in [-0.25, -0.2) is 14.0 Å². The van der Waals surface area contributed by atoms with E-state index in [4.69, 9.17) is 21.1 Å². The summed E-state index contributed by atoms with van der Waals surface area (Å²) in [7, 11) is 1.26. The Morgan fingerprint density at radius 3 is 2.41 bits per heavy atom. The number of benzene rings is 3. The number of esters is 1. The van der Waals surface area contributed by atoms with Gasteiger partial charge in [0.2, 0.25) is 5.91 Å². The normalized spacial score (nSPS) is 23.4. The molecular weight excluding hydrogens is 523 g/mol. The van der Waals surface area contributed by atoms with Gasteiger partial charge < -0.3 is 9.47 Å². The minimum atomic E-state index is -1.01. The number of halogens is 2. The van der Waals surface area contributed by atoms with Crippen LogP contribution in [-0.2, 0) is 25.1 Å². The van der Waals surface area contributed by atoms with Gasteiger partial charge in [0.1, 0.15) is 12.4 Å². The zero-order valence-corrected chi connectivity index (χ0v) is 22.4. The van der Waals surface area contributed by atoms with Crippen molar-refractivity contribution in [1.82, 2.24) is 0 Å². The zero-order chi connectivity index (χ0) is 27.7. The van der Waals surface area contributed by atoms with Crippen molar-refractivity contribution in [2.75, 3.05) is 30.1 Å². The summed E-state index contributed by atoms with van der Waals surface area (Å²) in [4.78, 5) is 42.6. The minimum absolute atomic E-state index is 0.0371. The van der Waals surface area contributed by atoms with Crippen molar-refractivity contribution < 1.29 is 28.2 Å². The summed E-state index contributed by atoms with van der Waals surface area (Å²) in [5.74, 6) is -1.23. The molecule has 0 aromatic heterocycles. The van der Waals surface area contributed by atoms with Gasteiger partial charge in [-0.1, -0.05) is 37.6 Å². The number of ether oxygens (including phenoxy) is 2. The first-order chi connectivity index (χ1) is 18.6. The Labute approximate surface area is 230 Å². The molecule has 3 aliphatic rings. The number of cyclic esters (lactones) is 1. The quantitative estimate of drug-likeness (QED) is 0.358. The van der Waals surface area contributed by atoms with Crippen molar-refractivity contribution in [3.8, 4) is 0 Å². The average molecular weight is 549 g/mol. The maximum Gasteiger partial charge on any atom is 0.414 e. The van der Waals surface area contributed by atoms with Crippen LogP contribution < -0.4 is 9.80 Å². The Hall–Kier alpha value is -3.91. The third kappa shape index (κ3) is 3.50. The average Bonchev–Trinajstić information content (AvgIpc) is 3.37.